The van der Waals surface area contributed by atoms with Crippen molar-refractivity contribution in [3.8, 4) is 17.2 Å². The normalized spacial score (nSPS) is 12.5. The van der Waals surface area contributed by atoms with Crippen LogP contribution in [0.25, 0.3) is 11.5 Å². The van der Waals surface area contributed by atoms with Gasteiger partial charge in [0.25, 0.3) is 17.7 Å². The lowest BCUT2D eigenvalue weighted by atomic mass is 9.87. The number of aromatic nitrogens is 2. The predicted octanol–water partition coefficient (Wildman–Crippen LogP) is 4.58. The highest BCUT2D eigenvalue weighted by atomic mass is 19.1. The summed E-state index contributed by atoms with van der Waals surface area (Å²) in [6, 6.07) is 13.2. The fraction of sp³-hybridized carbons (Fsp3) is 0.286. The molecule has 0 saturated carbocycles. The second kappa shape index (κ2) is 7.80. The maximum absolute atomic E-state index is 13.0. The molecule has 1 atom stereocenters. The van der Waals surface area contributed by atoms with Crippen molar-refractivity contribution in [2.45, 2.75) is 39.2 Å². The van der Waals surface area contributed by atoms with Crippen LogP contribution in [0, 0.1) is 5.82 Å². The number of nitrogens with zero attached hydrogens (tertiary/aromatic N) is 2. The van der Waals surface area contributed by atoms with Crippen molar-refractivity contribution in [3.63, 3.8) is 0 Å². The second-order valence-corrected chi connectivity index (χ2v) is 7.45. The predicted molar refractivity (Wildman–Crippen MR) is 104 cm³/mol. The summed E-state index contributed by atoms with van der Waals surface area (Å²) in [6.07, 6.45) is -0.756. The van der Waals surface area contributed by atoms with Crippen molar-refractivity contribution in [2.24, 2.45) is 0 Å². The van der Waals surface area contributed by atoms with Gasteiger partial charge in [0.1, 0.15) is 11.6 Å². The number of hydrogen-bond donors (Lipinski definition) is 1. The molecule has 3 aromatic rings. The van der Waals surface area contributed by atoms with Gasteiger partial charge in [-0.05, 0) is 59.5 Å². The van der Waals surface area contributed by atoms with Gasteiger partial charge in [0.05, 0.1) is 0 Å². The molecule has 0 fully saturated rings. The lowest BCUT2D eigenvalue weighted by Gasteiger charge is -2.20. The van der Waals surface area contributed by atoms with Crippen LogP contribution in [-0.2, 0) is 10.2 Å². The lowest BCUT2D eigenvalue weighted by molar-refractivity contribution is -0.122. The van der Waals surface area contributed by atoms with E-state index in [4.69, 9.17) is 9.26 Å². The number of benzene rings is 2. The summed E-state index contributed by atoms with van der Waals surface area (Å²) in [5.74, 6) is 0.0184. The Morgan fingerprint density at radius 3 is 2.36 bits per heavy atom. The summed E-state index contributed by atoms with van der Waals surface area (Å²) in [4.78, 5) is 16.4. The van der Waals surface area contributed by atoms with E-state index in [2.05, 4.69) is 36.2 Å². The van der Waals surface area contributed by atoms with E-state index in [1.165, 1.54) is 29.8 Å². The molecule has 0 aliphatic rings. The molecule has 0 radical (unpaired) electrons. The standard InChI is InChI=1S/C21H22FN3O3/c1-13(27-17-11-7-15(8-12-17)21(2,3)4)18(26)23-20-24-19(28-25-20)14-5-9-16(22)10-6-14/h5-13H,1-4H3,(H,23,25,26)/t13-/m1/s1. The van der Waals surface area contributed by atoms with E-state index < -0.39 is 12.0 Å². The highest BCUT2D eigenvalue weighted by Gasteiger charge is 2.19. The molecular weight excluding hydrogens is 361 g/mol. The molecule has 0 spiro atoms. The number of hydrogen-bond acceptors (Lipinski definition) is 5. The molecule has 1 aromatic heterocycles. The second-order valence-electron chi connectivity index (χ2n) is 7.45. The Bertz CT molecular complexity index is 944. The first kappa shape index (κ1) is 19.5. The molecular formula is C21H22FN3O3. The summed E-state index contributed by atoms with van der Waals surface area (Å²) in [6.45, 7) is 8.02. The first-order valence-corrected chi connectivity index (χ1v) is 8.90. The average Bonchev–Trinajstić information content (AvgIpc) is 3.10. The molecule has 28 heavy (non-hydrogen) atoms. The number of anilines is 1. The average molecular weight is 383 g/mol. The third-order valence-corrected chi connectivity index (χ3v) is 4.15. The minimum absolute atomic E-state index is 0.0165. The van der Waals surface area contributed by atoms with Crippen LogP contribution >= 0.6 is 0 Å². The van der Waals surface area contributed by atoms with Gasteiger partial charge in [-0.25, -0.2) is 4.39 Å². The van der Waals surface area contributed by atoms with Crippen molar-refractivity contribution in [3.05, 3.63) is 59.9 Å². The van der Waals surface area contributed by atoms with E-state index in [9.17, 15) is 9.18 Å². The van der Waals surface area contributed by atoms with Gasteiger partial charge in [0, 0.05) is 5.56 Å². The molecule has 1 N–H and O–H groups in total. The molecule has 0 aliphatic carbocycles. The number of carbonyl (C=O) groups excluding carboxylic acids is 1. The molecule has 1 amide bonds. The van der Waals surface area contributed by atoms with Crippen LogP contribution < -0.4 is 10.1 Å². The fourth-order valence-corrected chi connectivity index (χ4v) is 2.49. The summed E-state index contributed by atoms with van der Waals surface area (Å²) in [5, 5.41) is 6.26. The summed E-state index contributed by atoms with van der Waals surface area (Å²) in [5.41, 5.74) is 1.78. The Labute approximate surface area is 162 Å². The Kier molecular flexibility index (Phi) is 5.44. The third-order valence-electron chi connectivity index (χ3n) is 4.15. The van der Waals surface area contributed by atoms with E-state index >= 15 is 0 Å². The van der Waals surface area contributed by atoms with Crippen molar-refractivity contribution in [1.29, 1.82) is 0 Å². The highest BCUT2D eigenvalue weighted by molar-refractivity contribution is 5.92. The molecule has 0 bridgehead atoms. The SMILES string of the molecule is C[C@@H](Oc1ccc(C(C)(C)C)cc1)C(=O)Nc1noc(-c2ccc(F)cc2)n1. The zero-order valence-corrected chi connectivity index (χ0v) is 16.2. The maximum Gasteiger partial charge on any atom is 0.270 e. The Hall–Kier alpha value is -3.22. The number of halogens is 1. The zero-order chi connectivity index (χ0) is 20.3. The van der Waals surface area contributed by atoms with E-state index in [0.717, 1.165) is 0 Å². The lowest BCUT2D eigenvalue weighted by Crippen LogP contribution is -2.30. The van der Waals surface area contributed by atoms with Gasteiger partial charge in [-0.2, -0.15) is 4.98 Å². The number of amides is 1. The first-order valence-electron chi connectivity index (χ1n) is 8.90. The first-order chi connectivity index (χ1) is 13.2. The van der Waals surface area contributed by atoms with Crippen LogP contribution in [0.1, 0.15) is 33.3 Å². The van der Waals surface area contributed by atoms with Crippen molar-refractivity contribution in [1.82, 2.24) is 10.1 Å². The van der Waals surface area contributed by atoms with Crippen LogP contribution in [0.4, 0.5) is 10.3 Å². The van der Waals surface area contributed by atoms with E-state index in [1.54, 1.807) is 6.92 Å². The van der Waals surface area contributed by atoms with E-state index in [0.29, 0.717) is 11.3 Å². The number of carbonyl (C=O) groups is 1. The Balaban J connectivity index is 1.61. The van der Waals surface area contributed by atoms with Gasteiger partial charge in [-0.1, -0.05) is 32.9 Å². The van der Waals surface area contributed by atoms with Gasteiger partial charge in [-0.15, -0.1) is 0 Å². The van der Waals surface area contributed by atoms with Crippen LogP contribution in [0.2, 0.25) is 0 Å². The van der Waals surface area contributed by atoms with Crippen molar-refractivity contribution < 1.29 is 18.4 Å². The Morgan fingerprint density at radius 1 is 1.11 bits per heavy atom. The minimum atomic E-state index is -0.756. The van der Waals surface area contributed by atoms with Gasteiger partial charge in [0.15, 0.2) is 6.10 Å². The Morgan fingerprint density at radius 2 is 1.75 bits per heavy atom. The largest absolute Gasteiger partial charge is 0.481 e. The van der Waals surface area contributed by atoms with Crippen LogP contribution in [0.5, 0.6) is 5.75 Å². The smallest absolute Gasteiger partial charge is 0.270 e. The van der Waals surface area contributed by atoms with Crippen LogP contribution in [0.15, 0.2) is 53.1 Å². The zero-order valence-electron chi connectivity index (χ0n) is 16.2. The number of rotatable bonds is 5. The molecule has 0 saturated heterocycles. The molecule has 1 heterocycles. The summed E-state index contributed by atoms with van der Waals surface area (Å²) in [7, 11) is 0. The summed E-state index contributed by atoms with van der Waals surface area (Å²) < 4.78 is 23.8. The van der Waals surface area contributed by atoms with Crippen molar-refractivity contribution in [2.75, 3.05) is 5.32 Å². The molecule has 7 heteroatoms. The highest BCUT2D eigenvalue weighted by Crippen LogP contribution is 2.25. The fourth-order valence-electron chi connectivity index (χ4n) is 2.49. The van der Waals surface area contributed by atoms with Crippen molar-refractivity contribution >= 4 is 11.9 Å². The van der Waals surface area contributed by atoms with Gasteiger partial charge >= 0.3 is 0 Å². The molecule has 6 nitrogen and oxygen atoms in total. The number of ether oxygens (including phenoxy) is 1. The molecule has 146 valence electrons. The molecule has 0 aliphatic heterocycles. The van der Waals surface area contributed by atoms with Gasteiger partial charge in [0.2, 0.25) is 0 Å². The molecule has 2 aromatic carbocycles. The maximum atomic E-state index is 13.0. The quantitative estimate of drug-likeness (QED) is 0.698. The van der Waals surface area contributed by atoms with Crippen LogP contribution in [-0.4, -0.2) is 22.2 Å². The number of nitrogens with one attached hydrogen (secondary N) is 1. The molecule has 0 unspecified atom stereocenters. The third kappa shape index (κ3) is 4.73. The van der Waals surface area contributed by atoms with E-state index in [-0.39, 0.29) is 23.1 Å². The topological polar surface area (TPSA) is 77.2 Å². The van der Waals surface area contributed by atoms with Gasteiger partial charge in [-0.3, -0.25) is 10.1 Å². The minimum Gasteiger partial charge on any atom is -0.481 e. The van der Waals surface area contributed by atoms with E-state index in [1.807, 2.05) is 24.3 Å². The monoisotopic (exact) mass is 383 g/mol. The van der Waals surface area contributed by atoms with Crippen LogP contribution in [0.3, 0.4) is 0 Å². The summed E-state index contributed by atoms with van der Waals surface area (Å²) >= 11 is 0. The van der Waals surface area contributed by atoms with Gasteiger partial charge < -0.3 is 9.26 Å². The molecule has 3 rings (SSSR count).